The maximum Gasteiger partial charge on any atom is 0.397 e. The van der Waals surface area contributed by atoms with Gasteiger partial charge in [0.25, 0.3) is 0 Å². The molecule has 0 aromatic carbocycles. The first-order chi connectivity index (χ1) is 29.4. The lowest BCUT2D eigenvalue weighted by Gasteiger charge is -2.41. The molecule has 0 aliphatic carbocycles. The van der Waals surface area contributed by atoms with E-state index in [1.165, 1.54) is 154 Å². The molecular weight excluding hydrogens is 803 g/mol. The lowest BCUT2D eigenvalue weighted by Crippen LogP contribution is -2.61. The molecular formula is C47H93NO12S. The van der Waals surface area contributed by atoms with Crippen molar-refractivity contribution in [1.29, 1.82) is 0 Å². The number of amides is 1. The van der Waals surface area contributed by atoms with Crippen LogP contribution in [0.25, 0.3) is 0 Å². The molecule has 1 rings (SSSR count). The lowest BCUT2D eigenvalue weighted by atomic mass is 9.99. The van der Waals surface area contributed by atoms with Gasteiger partial charge in [-0.1, -0.05) is 219 Å². The Bertz CT molecular complexity index is 1120. The summed E-state index contributed by atoms with van der Waals surface area (Å²) in [6.45, 7) is 3.30. The smallest absolute Gasteiger partial charge is 0.394 e. The molecule has 1 aliphatic heterocycles. The van der Waals surface area contributed by atoms with E-state index in [9.17, 15) is 43.3 Å². The Morgan fingerprint density at radius 2 is 0.951 bits per heavy atom. The Balaban J connectivity index is 2.51. The van der Waals surface area contributed by atoms with Crippen LogP contribution in [0.3, 0.4) is 0 Å². The summed E-state index contributed by atoms with van der Waals surface area (Å²) in [7, 11) is -5.11. The molecule has 0 radical (unpaired) electrons. The largest absolute Gasteiger partial charge is 0.397 e. The van der Waals surface area contributed by atoms with Gasteiger partial charge in [0.15, 0.2) is 6.29 Å². The van der Waals surface area contributed by atoms with Gasteiger partial charge in [-0.3, -0.25) is 9.35 Å². The summed E-state index contributed by atoms with van der Waals surface area (Å²) in [5.74, 6) is -0.665. The second-order valence-electron chi connectivity index (χ2n) is 17.9. The van der Waals surface area contributed by atoms with Crippen molar-refractivity contribution in [3.05, 3.63) is 0 Å². The van der Waals surface area contributed by atoms with Gasteiger partial charge in [-0.15, -0.1) is 0 Å². The number of unbranched alkanes of at least 4 members (excludes halogenated alkanes) is 30. The average molecular weight is 896 g/mol. The van der Waals surface area contributed by atoms with Crippen LogP contribution in [0.2, 0.25) is 0 Å². The Hall–Kier alpha value is -0.940. The van der Waals surface area contributed by atoms with Crippen LogP contribution in [-0.4, -0.2) is 107 Å². The van der Waals surface area contributed by atoms with Gasteiger partial charge in [-0.25, -0.2) is 4.18 Å². The average Bonchev–Trinajstić information content (AvgIpc) is 3.23. The summed E-state index contributed by atoms with van der Waals surface area (Å²) >= 11 is 0. The Morgan fingerprint density at radius 3 is 1.31 bits per heavy atom. The van der Waals surface area contributed by atoms with Gasteiger partial charge >= 0.3 is 10.4 Å². The van der Waals surface area contributed by atoms with E-state index in [-0.39, 0.29) is 6.42 Å². The van der Waals surface area contributed by atoms with Crippen LogP contribution in [0.4, 0.5) is 0 Å². The predicted octanol–water partition coefficient (Wildman–Crippen LogP) is 9.14. The van der Waals surface area contributed by atoms with Crippen molar-refractivity contribution in [3.8, 4) is 0 Å². The molecule has 7 N–H and O–H groups in total. The fourth-order valence-corrected chi connectivity index (χ4v) is 8.80. The highest BCUT2D eigenvalue weighted by Crippen LogP contribution is 2.26. The third kappa shape index (κ3) is 30.8. The summed E-state index contributed by atoms with van der Waals surface area (Å²) in [4.78, 5) is 13.1. The number of aliphatic hydroxyl groups excluding tert-OH is 5. The van der Waals surface area contributed by atoms with Crippen LogP contribution >= 0.6 is 0 Å². The summed E-state index contributed by atoms with van der Waals surface area (Å²) < 4.78 is 47.6. The maximum atomic E-state index is 13.1. The van der Waals surface area contributed by atoms with Crippen molar-refractivity contribution < 1.29 is 57.0 Å². The normalized spacial score (nSPS) is 21.1. The van der Waals surface area contributed by atoms with Crippen LogP contribution in [0.15, 0.2) is 0 Å². The molecule has 8 unspecified atom stereocenters. The van der Waals surface area contributed by atoms with Gasteiger partial charge < -0.3 is 40.3 Å². The number of aliphatic hydroxyl groups is 5. The van der Waals surface area contributed by atoms with E-state index in [1.807, 2.05) is 0 Å². The van der Waals surface area contributed by atoms with E-state index in [1.54, 1.807) is 0 Å². The molecule has 14 heteroatoms. The van der Waals surface area contributed by atoms with E-state index < -0.39 is 78.5 Å². The molecule has 0 aromatic heterocycles. The summed E-state index contributed by atoms with van der Waals surface area (Å²) in [6.07, 6.45) is 28.5. The minimum Gasteiger partial charge on any atom is -0.394 e. The van der Waals surface area contributed by atoms with E-state index in [4.69, 9.17) is 9.47 Å². The zero-order chi connectivity index (χ0) is 45.0. The lowest BCUT2D eigenvalue weighted by molar-refractivity contribution is -0.298. The predicted molar refractivity (Wildman–Crippen MR) is 242 cm³/mol. The number of nitrogens with one attached hydrogen (secondary N) is 1. The number of carbonyl (C=O) groups is 1. The summed E-state index contributed by atoms with van der Waals surface area (Å²) in [6, 6.07) is -1.03. The molecule has 0 saturated carbocycles. The Kier molecular flexibility index (Phi) is 36.5. The third-order valence-corrected chi connectivity index (χ3v) is 12.7. The SMILES string of the molecule is CCCCCCCCCCCCCCCCCCCCC(O)C(COC1OC(CO)C(O)C(OS(=O)(=O)O)C1O)NC(=O)C(O)CCCCCCCCCCCCCCCC. The quantitative estimate of drug-likeness (QED) is 0.0226. The second kappa shape index (κ2) is 38.3. The van der Waals surface area contributed by atoms with Crippen molar-refractivity contribution in [2.24, 2.45) is 0 Å². The molecule has 0 bridgehead atoms. The minimum atomic E-state index is -5.11. The molecule has 1 saturated heterocycles. The molecule has 1 aliphatic rings. The van der Waals surface area contributed by atoms with E-state index in [0.29, 0.717) is 19.3 Å². The van der Waals surface area contributed by atoms with Crippen molar-refractivity contribution in [1.82, 2.24) is 5.32 Å². The highest BCUT2D eigenvalue weighted by Gasteiger charge is 2.48. The number of hydrogen-bond donors (Lipinski definition) is 7. The van der Waals surface area contributed by atoms with Gasteiger partial charge in [-0.2, -0.15) is 8.42 Å². The van der Waals surface area contributed by atoms with E-state index in [2.05, 4.69) is 23.3 Å². The highest BCUT2D eigenvalue weighted by molar-refractivity contribution is 7.80. The number of carbonyl (C=O) groups excluding carboxylic acids is 1. The molecule has 1 heterocycles. The first-order valence-electron chi connectivity index (χ1n) is 25.0. The number of ether oxygens (including phenoxy) is 2. The van der Waals surface area contributed by atoms with Crippen molar-refractivity contribution in [2.75, 3.05) is 13.2 Å². The van der Waals surface area contributed by atoms with Crippen molar-refractivity contribution in [3.63, 3.8) is 0 Å². The molecule has 8 atom stereocenters. The standard InChI is InChI=1S/C47H93NO12S/c1-3-5-7-9-11-13-15-17-19-20-21-22-24-25-27-29-31-33-35-40(50)39(38-58-47-44(53)45(60-61(55,56)57)43(52)42(37-49)59-47)48-46(54)41(51)36-34-32-30-28-26-23-18-16-14-12-10-8-6-4-2/h39-45,47,49-53H,3-38H2,1-2H3,(H,48,54)(H,55,56,57). The van der Waals surface area contributed by atoms with Gasteiger partial charge in [0, 0.05) is 0 Å². The van der Waals surface area contributed by atoms with E-state index >= 15 is 0 Å². The zero-order valence-corrected chi connectivity index (χ0v) is 39.4. The molecule has 1 fully saturated rings. The first-order valence-corrected chi connectivity index (χ1v) is 26.4. The van der Waals surface area contributed by atoms with Crippen molar-refractivity contribution in [2.45, 2.75) is 281 Å². The third-order valence-electron chi connectivity index (χ3n) is 12.3. The minimum absolute atomic E-state index is 0.266. The zero-order valence-electron chi connectivity index (χ0n) is 38.6. The summed E-state index contributed by atoms with van der Waals surface area (Å²) in [5, 5.41) is 55.5. The van der Waals surface area contributed by atoms with Crippen LogP contribution in [-0.2, 0) is 28.9 Å². The van der Waals surface area contributed by atoms with Crippen LogP contribution in [0, 0.1) is 0 Å². The van der Waals surface area contributed by atoms with Gasteiger partial charge in [0.1, 0.15) is 30.5 Å². The summed E-state index contributed by atoms with van der Waals surface area (Å²) in [5.41, 5.74) is 0. The fraction of sp³-hybridized carbons (Fsp3) is 0.979. The monoisotopic (exact) mass is 896 g/mol. The molecule has 1 amide bonds. The molecule has 13 nitrogen and oxygen atoms in total. The van der Waals surface area contributed by atoms with Crippen LogP contribution in [0.5, 0.6) is 0 Å². The fourth-order valence-electron chi connectivity index (χ4n) is 8.29. The van der Waals surface area contributed by atoms with Crippen LogP contribution in [0.1, 0.15) is 232 Å². The molecule has 0 aromatic rings. The Morgan fingerprint density at radius 1 is 0.590 bits per heavy atom. The maximum absolute atomic E-state index is 13.1. The van der Waals surface area contributed by atoms with Gasteiger partial charge in [-0.05, 0) is 12.8 Å². The van der Waals surface area contributed by atoms with E-state index in [0.717, 1.165) is 38.5 Å². The van der Waals surface area contributed by atoms with Gasteiger partial charge in [0.05, 0.1) is 25.4 Å². The molecule has 0 spiro atoms. The number of hydrogen-bond acceptors (Lipinski definition) is 11. The van der Waals surface area contributed by atoms with Gasteiger partial charge in [0.2, 0.25) is 5.91 Å². The topological polar surface area (TPSA) is 212 Å². The second-order valence-corrected chi connectivity index (χ2v) is 19.0. The number of rotatable bonds is 43. The van der Waals surface area contributed by atoms with Crippen LogP contribution < -0.4 is 5.32 Å². The highest BCUT2D eigenvalue weighted by atomic mass is 32.3. The Labute approximate surface area is 371 Å². The molecule has 61 heavy (non-hydrogen) atoms. The first kappa shape index (κ1) is 58.1. The van der Waals surface area contributed by atoms with Crippen molar-refractivity contribution >= 4 is 16.3 Å². The molecule has 364 valence electrons.